The highest BCUT2D eigenvalue weighted by Crippen LogP contribution is 2.18. The van der Waals surface area contributed by atoms with E-state index < -0.39 is 29.7 Å². The Bertz CT molecular complexity index is 466. The number of rotatable bonds is 21. The van der Waals surface area contributed by atoms with Crippen molar-refractivity contribution in [1.82, 2.24) is 0 Å². The molecule has 0 amide bonds. The van der Waals surface area contributed by atoms with Crippen LogP contribution in [0.3, 0.4) is 0 Å². The number of ketones is 1. The fraction of sp³-hybridized carbons (Fsp3) is 0.870. The zero-order valence-corrected chi connectivity index (χ0v) is 18.4. The van der Waals surface area contributed by atoms with E-state index in [9.17, 15) is 19.5 Å². The van der Waals surface area contributed by atoms with Gasteiger partial charge in [-0.25, -0.2) is 4.79 Å². The second kappa shape index (κ2) is 17.4. The van der Waals surface area contributed by atoms with Gasteiger partial charge >= 0.3 is 11.9 Å². The summed E-state index contributed by atoms with van der Waals surface area (Å²) in [5, 5.41) is 17.9. The molecule has 170 valence electrons. The summed E-state index contributed by atoms with van der Waals surface area (Å²) in [6, 6.07) is 0. The van der Waals surface area contributed by atoms with Crippen LogP contribution in [0.1, 0.15) is 122 Å². The minimum atomic E-state index is -2.08. The number of aliphatic carboxylic acids is 2. The Balaban J connectivity index is 3.62. The second-order valence-electron chi connectivity index (χ2n) is 8.29. The number of unbranched alkanes of at least 4 members (excludes halogenated alkanes) is 14. The molecule has 0 aliphatic rings. The fourth-order valence-electron chi connectivity index (χ4n) is 3.55. The number of nitrogens with two attached hydrogens (primary N) is 1. The maximum absolute atomic E-state index is 12.2. The first-order valence-electron chi connectivity index (χ1n) is 11.6. The van der Waals surface area contributed by atoms with E-state index in [1.165, 1.54) is 70.6 Å². The average Bonchev–Trinajstić information content (AvgIpc) is 2.68. The fourth-order valence-corrected chi connectivity index (χ4v) is 3.55. The average molecular weight is 414 g/mol. The van der Waals surface area contributed by atoms with E-state index in [0.29, 0.717) is 6.42 Å². The smallest absolute Gasteiger partial charge is 0.331 e. The molecule has 0 aliphatic heterocycles. The molecule has 0 saturated heterocycles. The van der Waals surface area contributed by atoms with E-state index in [-0.39, 0.29) is 12.8 Å². The van der Waals surface area contributed by atoms with Crippen molar-refractivity contribution in [3.05, 3.63) is 0 Å². The predicted molar refractivity (Wildman–Crippen MR) is 116 cm³/mol. The van der Waals surface area contributed by atoms with Crippen molar-refractivity contribution < 1.29 is 24.6 Å². The summed E-state index contributed by atoms with van der Waals surface area (Å²) in [6.45, 7) is 2.24. The molecule has 0 aromatic carbocycles. The lowest BCUT2D eigenvalue weighted by atomic mass is 9.87. The van der Waals surface area contributed by atoms with Gasteiger partial charge in [0.05, 0.1) is 0 Å². The quantitative estimate of drug-likeness (QED) is 0.170. The molecule has 0 fully saturated rings. The summed E-state index contributed by atoms with van der Waals surface area (Å²) in [4.78, 5) is 34.1. The van der Waals surface area contributed by atoms with E-state index in [2.05, 4.69) is 6.92 Å². The third kappa shape index (κ3) is 14.2. The molecular weight excluding hydrogens is 370 g/mol. The summed E-state index contributed by atoms with van der Waals surface area (Å²) < 4.78 is 0. The molecule has 6 nitrogen and oxygen atoms in total. The molecule has 0 unspecified atom stereocenters. The lowest BCUT2D eigenvalue weighted by molar-refractivity contribution is -0.149. The highest BCUT2D eigenvalue weighted by Gasteiger charge is 2.41. The number of carboxylic acid groups (broad SMARTS) is 2. The highest BCUT2D eigenvalue weighted by molar-refractivity contribution is 6.07. The predicted octanol–water partition coefficient (Wildman–Crippen LogP) is 5.46. The van der Waals surface area contributed by atoms with Crippen molar-refractivity contribution in [2.75, 3.05) is 0 Å². The van der Waals surface area contributed by atoms with Crippen LogP contribution in [0.5, 0.6) is 0 Å². The van der Waals surface area contributed by atoms with E-state index >= 15 is 0 Å². The normalized spacial score (nSPS) is 13.2. The van der Waals surface area contributed by atoms with Crippen LogP contribution in [-0.2, 0) is 14.4 Å². The molecule has 0 aromatic rings. The van der Waals surface area contributed by atoms with Crippen molar-refractivity contribution in [2.45, 2.75) is 128 Å². The largest absolute Gasteiger partial charge is 0.481 e. The molecule has 0 aromatic heterocycles. The number of hydrogen-bond donors (Lipinski definition) is 3. The molecule has 0 saturated carbocycles. The Labute approximate surface area is 176 Å². The Kier molecular flexibility index (Phi) is 16.6. The van der Waals surface area contributed by atoms with Crippen molar-refractivity contribution in [3.8, 4) is 0 Å². The van der Waals surface area contributed by atoms with Crippen LogP contribution in [0.25, 0.3) is 0 Å². The minimum absolute atomic E-state index is 0.0979. The van der Waals surface area contributed by atoms with Gasteiger partial charge in [0.1, 0.15) is 0 Å². The molecule has 4 N–H and O–H groups in total. The number of carbonyl (C=O) groups excluding carboxylic acids is 1. The monoisotopic (exact) mass is 413 g/mol. The van der Waals surface area contributed by atoms with Gasteiger partial charge in [0.25, 0.3) is 0 Å². The molecule has 6 heteroatoms. The van der Waals surface area contributed by atoms with Crippen LogP contribution in [0, 0.1) is 0 Å². The van der Waals surface area contributed by atoms with Crippen molar-refractivity contribution in [3.63, 3.8) is 0 Å². The SMILES string of the molecule is CCCCCCCCCCCCCCCCCC(=O)[C@](N)(CCC(=O)O)C(=O)O. The van der Waals surface area contributed by atoms with Crippen molar-refractivity contribution in [2.24, 2.45) is 5.73 Å². The van der Waals surface area contributed by atoms with E-state index in [4.69, 9.17) is 10.8 Å². The molecule has 1 atom stereocenters. The van der Waals surface area contributed by atoms with Gasteiger partial charge in [-0.15, -0.1) is 0 Å². The third-order valence-corrected chi connectivity index (χ3v) is 5.62. The van der Waals surface area contributed by atoms with Crippen molar-refractivity contribution >= 4 is 17.7 Å². The van der Waals surface area contributed by atoms with Crippen LogP contribution >= 0.6 is 0 Å². The van der Waals surface area contributed by atoms with Crippen LogP contribution in [-0.4, -0.2) is 33.5 Å². The summed E-state index contributed by atoms with van der Waals surface area (Å²) in [5.41, 5.74) is 3.61. The van der Waals surface area contributed by atoms with Gasteiger partial charge in [-0.1, -0.05) is 96.8 Å². The Hall–Kier alpha value is -1.43. The summed E-state index contributed by atoms with van der Waals surface area (Å²) in [5.74, 6) is -3.16. The lowest BCUT2D eigenvalue weighted by Gasteiger charge is -2.22. The number of carboxylic acids is 2. The van der Waals surface area contributed by atoms with Crippen LogP contribution < -0.4 is 5.73 Å². The Morgan fingerprint density at radius 1 is 0.655 bits per heavy atom. The van der Waals surface area contributed by atoms with Crippen molar-refractivity contribution in [1.29, 1.82) is 0 Å². The van der Waals surface area contributed by atoms with E-state index in [1.54, 1.807) is 0 Å². The second-order valence-corrected chi connectivity index (χ2v) is 8.29. The third-order valence-electron chi connectivity index (χ3n) is 5.62. The highest BCUT2D eigenvalue weighted by atomic mass is 16.4. The molecule has 0 aliphatic carbocycles. The molecule has 0 heterocycles. The molecular formula is C23H43NO5. The first-order chi connectivity index (χ1) is 13.8. The number of hydrogen-bond acceptors (Lipinski definition) is 4. The van der Waals surface area contributed by atoms with Gasteiger partial charge < -0.3 is 15.9 Å². The number of carbonyl (C=O) groups is 3. The topological polar surface area (TPSA) is 118 Å². The first-order valence-corrected chi connectivity index (χ1v) is 11.6. The molecule has 0 rings (SSSR count). The van der Waals surface area contributed by atoms with Gasteiger partial charge in [-0.2, -0.15) is 0 Å². The van der Waals surface area contributed by atoms with Gasteiger partial charge in [-0.3, -0.25) is 9.59 Å². The first kappa shape index (κ1) is 27.6. The number of Topliss-reactive ketones (excluding diaryl/α,β-unsaturated/α-hetero) is 1. The summed E-state index contributed by atoms with van der Waals surface area (Å²) in [7, 11) is 0. The Morgan fingerprint density at radius 2 is 1.03 bits per heavy atom. The summed E-state index contributed by atoms with van der Waals surface area (Å²) in [6.07, 6.45) is 17.6. The van der Waals surface area contributed by atoms with E-state index in [1.807, 2.05) is 0 Å². The zero-order valence-electron chi connectivity index (χ0n) is 18.4. The molecule has 0 radical (unpaired) electrons. The van der Waals surface area contributed by atoms with Gasteiger partial charge in [0.15, 0.2) is 11.3 Å². The van der Waals surface area contributed by atoms with Gasteiger partial charge in [0.2, 0.25) is 0 Å². The maximum atomic E-state index is 12.2. The van der Waals surface area contributed by atoms with Crippen LogP contribution in [0.15, 0.2) is 0 Å². The molecule has 0 bridgehead atoms. The zero-order chi connectivity index (χ0) is 22.0. The van der Waals surface area contributed by atoms with Crippen LogP contribution in [0.2, 0.25) is 0 Å². The van der Waals surface area contributed by atoms with Crippen LogP contribution in [0.4, 0.5) is 0 Å². The lowest BCUT2D eigenvalue weighted by Crippen LogP contribution is -2.55. The molecule has 29 heavy (non-hydrogen) atoms. The van der Waals surface area contributed by atoms with E-state index in [0.717, 1.165) is 19.3 Å². The Morgan fingerprint density at radius 3 is 1.38 bits per heavy atom. The maximum Gasteiger partial charge on any atom is 0.331 e. The van der Waals surface area contributed by atoms with Gasteiger partial charge in [-0.05, 0) is 12.8 Å². The molecule has 0 spiro atoms. The van der Waals surface area contributed by atoms with Gasteiger partial charge in [0, 0.05) is 12.8 Å². The standard InChI is InChI=1S/C23H43NO5/c1-2-3-4-5-6-7-8-9-10-11-12-13-14-15-16-17-20(25)23(24,22(28)29)19-18-21(26)27/h2-19,24H2,1H3,(H,26,27)(H,28,29)/t23-/m1/s1. The summed E-state index contributed by atoms with van der Waals surface area (Å²) >= 11 is 0. The minimum Gasteiger partial charge on any atom is -0.481 e.